The summed E-state index contributed by atoms with van der Waals surface area (Å²) in [6.45, 7) is 1.01. The van der Waals surface area contributed by atoms with Gasteiger partial charge < -0.3 is 15.2 Å². The van der Waals surface area contributed by atoms with Crippen molar-refractivity contribution in [3.63, 3.8) is 0 Å². The summed E-state index contributed by atoms with van der Waals surface area (Å²) < 4.78 is 33.2. The Labute approximate surface area is 192 Å². The van der Waals surface area contributed by atoms with Crippen LogP contribution < -0.4 is 5.32 Å². The number of halogens is 2. The topological polar surface area (TPSA) is 95.9 Å². The number of amides is 1. The minimum Gasteiger partial charge on any atom is -0.465 e. The molecule has 1 heterocycles. The summed E-state index contributed by atoms with van der Waals surface area (Å²) in [5.74, 6) is -0.335. The Hall–Kier alpha value is -1.84. The third-order valence-corrected chi connectivity index (χ3v) is 7.79. The van der Waals surface area contributed by atoms with E-state index in [2.05, 4.69) is 5.32 Å². The van der Waals surface area contributed by atoms with Crippen LogP contribution >= 0.6 is 23.2 Å². The fourth-order valence-electron chi connectivity index (χ4n) is 3.49. The molecule has 7 nitrogen and oxygen atoms in total. The van der Waals surface area contributed by atoms with Crippen molar-refractivity contribution in [3.05, 3.63) is 69.7 Å². The first-order chi connectivity index (χ1) is 14.7. The molecule has 1 saturated heterocycles. The number of hydrogen-bond acceptors (Lipinski definition) is 4. The molecule has 2 aromatic carbocycles. The van der Waals surface area contributed by atoms with Crippen LogP contribution in [0, 0.1) is 0 Å². The van der Waals surface area contributed by atoms with Crippen molar-refractivity contribution in [1.29, 1.82) is 0 Å². The number of rotatable bonds is 8. The van der Waals surface area contributed by atoms with Gasteiger partial charge in [0, 0.05) is 13.1 Å². The van der Waals surface area contributed by atoms with Gasteiger partial charge in [-0.15, -0.1) is 0 Å². The normalized spacial score (nSPS) is 16.7. The molecule has 0 aliphatic carbocycles. The van der Waals surface area contributed by atoms with Crippen LogP contribution in [-0.4, -0.2) is 48.9 Å². The van der Waals surface area contributed by atoms with Crippen molar-refractivity contribution in [2.24, 2.45) is 0 Å². The van der Waals surface area contributed by atoms with Crippen LogP contribution in [-0.2, 0) is 21.4 Å². The van der Waals surface area contributed by atoms with Gasteiger partial charge in [-0.1, -0.05) is 59.6 Å². The Morgan fingerprint density at radius 3 is 2.42 bits per heavy atom. The second-order valence-electron chi connectivity index (χ2n) is 7.35. The Kier molecular flexibility index (Phi) is 8.18. The highest BCUT2D eigenvalue weighted by Gasteiger charge is 2.31. The lowest BCUT2D eigenvalue weighted by Gasteiger charge is -2.32. The van der Waals surface area contributed by atoms with Gasteiger partial charge in [-0.3, -0.25) is 0 Å². The maximum absolute atomic E-state index is 12.9. The molecular formula is C21H24Cl2N2O5S. The monoisotopic (exact) mass is 486 g/mol. The molecule has 0 radical (unpaired) electrons. The van der Waals surface area contributed by atoms with Crippen LogP contribution in [0.15, 0.2) is 48.5 Å². The molecule has 1 amide bonds. The molecule has 168 valence electrons. The third kappa shape index (κ3) is 6.82. The SMILES string of the molecule is O=C(O)NC(CS(=O)(=O)N1CCC(OCc2ccc(Cl)c(Cl)c2)CC1)c1ccccc1. The zero-order valence-corrected chi connectivity index (χ0v) is 19.0. The van der Waals surface area contributed by atoms with Gasteiger partial charge in [-0.25, -0.2) is 17.5 Å². The van der Waals surface area contributed by atoms with Crippen LogP contribution in [0.4, 0.5) is 4.79 Å². The van der Waals surface area contributed by atoms with Gasteiger partial charge in [0.25, 0.3) is 0 Å². The highest BCUT2D eigenvalue weighted by molar-refractivity contribution is 7.89. The number of hydrogen-bond donors (Lipinski definition) is 2. The minimum absolute atomic E-state index is 0.0667. The van der Waals surface area contributed by atoms with Crippen LogP contribution in [0.5, 0.6) is 0 Å². The zero-order valence-electron chi connectivity index (χ0n) is 16.7. The first kappa shape index (κ1) is 23.8. The molecule has 1 aliphatic rings. The standard InChI is InChI=1S/C21H24Cl2N2O5S/c22-18-7-6-15(12-19(18)23)13-30-17-8-10-25(11-9-17)31(28,29)14-20(24-21(26)27)16-4-2-1-3-5-16/h1-7,12,17,20,24H,8-11,13-14H2,(H,26,27). The van der Waals surface area contributed by atoms with Crippen LogP contribution in [0.3, 0.4) is 0 Å². The molecule has 1 fully saturated rings. The molecule has 0 saturated carbocycles. The third-order valence-electron chi connectivity index (χ3n) is 5.14. The molecule has 0 bridgehead atoms. The quantitative estimate of drug-likeness (QED) is 0.579. The van der Waals surface area contributed by atoms with Crippen molar-refractivity contribution in [1.82, 2.24) is 9.62 Å². The second-order valence-corrected chi connectivity index (χ2v) is 10.2. The Bertz CT molecular complexity index is 996. The number of sulfonamides is 1. The van der Waals surface area contributed by atoms with Crippen molar-refractivity contribution in [3.8, 4) is 0 Å². The Morgan fingerprint density at radius 1 is 1.13 bits per heavy atom. The number of benzene rings is 2. The van der Waals surface area contributed by atoms with E-state index in [1.807, 2.05) is 6.07 Å². The largest absolute Gasteiger partial charge is 0.465 e. The van der Waals surface area contributed by atoms with Gasteiger partial charge in [0.15, 0.2) is 0 Å². The summed E-state index contributed by atoms with van der Waals surface area (Å²) in [5.41, 5.74) is 1.50. The molecular weight excluding hydrogens is 463 g/mol. The average molecular weight is 487 g/mol. The van der Waals surface area contributed by atoms with Crippen molar-refractivity contribution in [2.75, 3.05) is 18.8 Å². The van der Waals surface area contributed by atoms with Crippen LogP contribution in [0.1, 0.15) is 30.0 Å². The average Bonchev–Trinajstić information content (AvgIpc) is 2.74. The Morgan fingerprint density at radius 2 is 1.81 bits per heavy atom. The second kappa shape index (κ2) is 10.7. The first-order valence-corrected chi connectivity index (χ1v) is 12.2. The van der Waals surface area contributed by atoms with E-state index in [0.717, 1.165) is 5.56 Å². The number of carboxylic acid groups (broad SMARTS) is 1. The fourth-order valence-corrected chi connectivity index (χ4v) is 5.49. The van der Waals surface area contributed by atoms with E-state index in [0.29, 0.717) is 48.1 Å². The summed E-state index contributed by atoms with van der Waals surface area (Å²) in [6, 6.07) is 13.2. The van der Waals surface area contributed by atoms with E-state index in [1.165, 1.54) is 4.31 Å². The van der Waals surface area contributed by atoms with Gasteiger partial charge in [0.2, 0.25) is 10.0 Å². The molecule has 1 atom stereocenters. The number of carbonyl (C=O) groups is 1. The summed E-state index contributed by atoms with van der Waals surface area (Å²) in [4.78, 5) is 11.2. The molecule has 1 unspecified atom stereocenters. The molecule has 0 aromatic heterocycles. The maximum Gasteiger partial charge on any atom is 0.405 e. The van der Waals surface area contributed by atoms with Crippen molar-refractivity contribution >= 4 is 39.3 Å². The van der Waals surface area contributed by atoms with Crippen molar-refractivity contribution in [2.45, 2.75) is 31.6 Å². The minimum atomic E-state index is -3.66. The highest BCUT2D eigenvalue weighted by atomic mass is 35.5. The molecule has 10 heteroatoms. The van der Waals surface area contributed by atoms with Gasteiger partial charge in [-0.2, -0.15) is 0 Å². The Balaban J connectivity index is 1.55. The molecule has 1 aliphatic heterocycles. The van der Waals surface area contributed by atoms with E-state index in [9.17, 15) is 13.2 Å². The molecule has 31 heavy (non-hydrogen) atoms. The number of nitrogens with one attached hydrogen (secondary N) is 1. The predicted octanol–water partition coefficient (Wildman–Crippen LogP) is 4.31. The van der Waals surface area contributed by atoms with E-state index >= 15 is 0 Å². The van der Waals surface area contributed by atoms with E-state index < -0.39 is 22.2 Å². The van der Waals surface area contributed by atoms with Crippen LogP contribution in [0.2, 0.25) is 10.0 Å². The zero-order chi connectivity index (χ0) is 22.4. The van der Waals surface area contributed by atoms with E-state index in [4.69, 9.17) is 33.0 Å². The summed E-state index contributed by atoms with van der Waals surface area (Å²) in [7, 11) is -3.66. The van der Waals surface area contributed by atoms with Crippen LogP contribution in [0.25, 0.3) is 0 Å². The summed E-state index contributed by atoms with van der Waals surface area (Å²) in [6.07, 6.45) is -0.215. The summed E-state index contributed by atoms with van der Waals surface area (Å²) >= 11 is 11.9. The smallest absolute Gasteiger partial charge is 0.405 e. The van der Waals surface area contributed by atoms with E-state index in [1.54, 1.807) is 42.5 Å². The van der Waals surface area contributed by atoms with Gasteiger partial charge in [0.05, 0.1) is 34.6 Å². The molecule has 0 spiro atoms. The van der Waals surface area contributed by atoms with Crippen molar-refractivity contribution < 1.29 is 23.1 Å². The molecule has 2 N–H and O–H groups in total. The number of ether oxygens (including phenoxy) is 1. The highest BCUT2D eigenvalue weighted by Crippen LogP contribution is 2.25. The van der Waals surface area contributed by atoms with Gasteiger partial charge in [0.1, 0.15) is 0 Å². The number of nitrogens with zero attached hydrogens (tertiary/aromatic N) is 1. The van der Waals surface area contributed by atoms with Gasteiger partial charge in [-0.05, 0) is 36.1 Å². The lowest BCUT2D eigenvalue weighted by atomic mass is 10.1. The molecule has 2 aromatic rings. The lowest BCUT2D eigenvalue weighted by Crippen LogP contribution is -2.44. The lowest BCUT2D eigenvalue weighted by molar-refractivity contribution is 0.0102. The predicted molar refractivity (Wildman–Crippen MR) is 120 cm³/mol. The number of piperidine rings is 1. The van der Waals surface area contributed by atoms with Gasteiger partial charge >= 0.3 is 6.09 Å². The summed E-state index contributed by atoms with van der Waals surface area (Å²) in [5, 5.41) is 12.4. The molecule has 3 rings (SSSR count). The maximum atomic E-state index is 12.9. The first-order valence-electron chi connectivity index (χ1n) is 9.82. The van der Waals surface area contributed by atoms with E-state index in [-0.39, 0.29) is 11.9 Å². The fraction of sp³-hybridized carbons (Fsp3) is 0.381.